The Kier molecular flexibility index (Phi) is 3.58. The summed E-state index contributed by atoms with van der Waals surface area (Å²) in [6.07, 6.45) is 1.22. The molecule has 1 amide bonds. The number of primary amides is 1. The number of nitrogens with two attached hydrogens (primary N) is 1. The van der Waals surface area contributed by atoms with Crippen LogP contribution >= 0.6 is 0 Å². The molecule has 1 rings (SSSR count). The zero-order valence-electron chi connectivity index (χ0n) is 9.94. The molecule has 0 aromatic carbocycles. The van der Waals surface area contributed by atoms with Gasteiger partial charge in [-0.3, -0.25) is 9.89 Å². The first-order valence-electron chi connectivity index (χ1n) is 4.96. The van der Waals surface area contributed by atoms with Gasteiger partial charge in [0.05, 0.1) is 17.3 Å². The lowest BCUT2D eigenvalue weighted by molar-refractivity contribution is -0.125. The Bertz CT molecular complexity index is 518. The molecule has 7 nitrogen and oxygen atoms in total. The summed E-state index contributed by atoms with van der Waals surface area (Å²) in [4.78, 5) is 11.1. The van der Waals surface area contributed by atoms with E-state index in [1.54, 1.807) is 20.8 Å². The van der Waals surface area contributed by atoms with Crippen molar-refractivity contribution in [2.24, 2.45) is 11.1 Å². The molecule has 0 bridgehead atoms. The summed E-state index contributed by atoms with van der Waals surface area (Å²) in [6, 6.07) is 0. The van der Waals surface area contributed by atoms with Gasteiger partial charge in [-0.05, 0) is 20.8 Å². The van der Waals surface area contributed by atoms with Gasteiger partial charge in [0.25, 0.3) is 0 Å². The van der Waals surface area contributed by atoms with Crippen molar-refractivity contribution in [1.29, 1.82) is 0 Å². The van der Waals surface area contributed by atoms with Crippen LogP contribution in [-0.4, -0.2) is 31.1 Å². The Morgan fingerprint density at radius 1 is 1.59 bits per heavy atom. The van der Waals surface area contributed by atoms with Crippen molar-refractivity contribution in [2.75, 3.05) is 6.54 Å². The predicted octanol–water partition coefficient (Wildman–Crippen LogP) is -0.492. The third kappa shape index (κ3) is 3.04. The minimum atomic E-state index is -3.67. The first-order valence-corrected chi connectivity index (χ1v) is 6.45. The quantitative estimate of drug-likeness (QED) is 0.661. The Balaban J connectivity index is 2.83. The normalized spacial score (nSPS) is 12.6. The predicted molar refractivity (Wildman–Crippen MR) is 61.5 cm³/mol. The van der Waals surface area contributed by atoms with Gasteiger partial charge in [0.2, 0.25) is 15.9 Å². The molecule has 0 radical (unpaired) electrons. The number of carbonyl (C=O) groups is 1. The Labute approximate surface area is 99.8 Å². The molecule has 0 fully saturated rings. The number of carbonyl (C=O) groups excluding carboxylic acids is 1. The standard InChI is InChI=1S/C9H16N4O3S/c1-6-7(4-11-13-6)17(15,16)12-5-9(2,3)8(10)14/h4,12H,5H2,1-3H3,(H2,10,14)(H,11,13). The molecule has 96 valence electrons. The topological polar surface area (TPSA) is 118 Å². The van der Waals surface area contributed by atoms with Gasteiger partial charge in [0.15, 0.2) is 0 Å². The van der Waals surface area contributed by atoms with Crippen molar-refractivity contribution in [3.63, 3.8) is 0 Å². The van der Waals surface area contributed by atoms with Crippen molar-refractivity contribution in [2.45, 2.75) is 25.7 Å². The van der Waals surface area contributed by atoms with E-state index in [0.29, 0.717) is 5.69 Å². The number of H-pyrrole nitrogens is 1. The molecule has 0 unspecified atom stereocenters. The summed E-state index contributed by atoms with van der Waals surface area (Å²) >= 11 is 0. The number of aromatic amines is 1. The fraction of sp³-hybridized carbons (Fsp3) is 0.556. The van der Waals surface area contributed by atoms with Crippen molar-refractivity contribution >= 4 is 15.9 Å². The molecule has 0 aliphatic heterocycles. The van der Waals surface area contributed by atoms with E-state index in [4.69, 9.17) is 5.73 Å². The average Bonchev–Trinajstić information content (AvgIpc) is 2.62. The van der Waals surface area contributed by atoms with Crippen LogP contribution in [0.3, 0.4) is 0 Å². The van der Waals surface area contributed by atoms with E-state index in [2.05, 4.69) is 14.9 Å². The lowest BCUT2D eigenvalue weighted by atomic mass is 9.93. The van der Waals surface area contributed by atoms with Crippen molar-refractivity contribution in [3.8, 4) is 0 Å². The number of nitrogens with zero attached hydrogens (tertiary/aromatic N) is 1. The zero-order chi connectivity index (χ0) is 13.3. The molecule has 1 aromatic heterocycles. The molecular formula is C9H16N4O3S. The molecule has 0 atom stereocenters. The molecule has 0 spiro atoms. The minimum Gasteiger partial charge on any atom is -0.369 e. The van der Waals surface area contributed by atoms with Gasteiger partial charge in [-0.25, -0.2) is 13.1 Å². The summed E-state index contributed by atoms with van der Waals surface area (Å²) in [7, 11) is -3.67. The lowest BCUT2D eigenvalue weighted by Crippen LogP contribution is -2.42. The van der Waals surface area contributed by atoms with Crippen molar-refractivity contribution in [3.05, 3.63) is 11.9 Å². The van der Waals surface area contributed by atoms with Crippen molar-refractivity contribution < 1.29 is 13.2 Å². The molecule has 8 heteroatoms. The maximum Gasteiger partial charge on any atom is 0.243 e. The van der Waals surface area contributed by atoms with E-state index in [9.17, 15) is 13.2 Å². The second kappa shape index (κ2) is 4.46. The first kappa shape index (κ1) is 13.7. The summed E-state index contributed by atoms with van der Waals surface area (Å²) in [5.41, 5.74) is 4.66. The van der Waals surface area contributed by atoms with Crippen LogP contribution in [0.5, 0.6) is 0 Å². The van der Waals surface area contributed by atoms with Crippen LogP contribution in [0.15, 0.2) is 11.1 Å². The number of nitrogens with one attached hydrogen (secondary N) is 2. The van der Waals surface area contributed by atoms with E-state index in [-0.39, 0.29) is 11.4 Å². The summed E-state index contributed by atoms with van der Waals surface area (Å²) in [5, 5.41) is 6.17. The van der Waals surface area contributed by atoms with Crippen molar-refractivity contribution in [1.82, 2.24) is 14.9 Å². The van der Waals surface area contributed by atoms with Crippen LogP contribution in [0.1, 0.15) is 19.5 Å². The molecule has 1 aromatic rings. The van der Waals surface area contributed by atoms with Gasteiger partial charge < -0.3 is 5.73 Å². The van der Waals surface area contributed by atoms with Crippen LogP contribution in [0.4, 0.5) is 0 Å². The van der Waals surface area contributed by atoms with E-state index >= 15 is 0 Å². The highest BCUT2D eigenvalue weighted by Gasteiger charge is 2.28. The van der Waals surface area contributed by atoms with Crippen LogP contribution in [0.25, 0.3) is 0 Å². The Hall–Kier alpha value is -1.41. The zero-order valence-corrected chi connectivity index (χ0v) is 10.8. The highest BCUT2D eigenvalue weighted by molar-refractivity contribution is 7.89. The van der Waals surface area contributed by atoms with Crippen LogP contribution in [0.2, 0.25) is 0 Å². The molecule has 1 heterocycles. The number of sulfonamides is 1. The van der Waals surface area contributed by atoms with Gasteiger partial charge >= 0.3 is 0 Å². The SMILES string of the molecule is Cc1[nH]ncc1S(=O)(=O)NCC(C)(C)C(N)=O. The number of hydrogen-bond donors (Lipinski definition) is 3. The Morgan fingerprint density at radius 3 is 2.59 bits per heavy atom. The molecular weight excluding hydrogens is 244 g/mol. The molecule has 17 heavy (non-hydrogen) atoms. The van der Waals surface area contributed by atoms with Gasteiger partial charge in [-0.1, -0.05) is 0 Å². The van der Waals surface area contributed by atoms with Crippen LogP contribution in [0, 0.1) is 12.3 Å². The maximum absolute atomic E-state index is 11.9. The fourth-order valence-electron chi connectivity index (χ4n) is 1.05. The highest BCUT2D eigenvalue weighted by Crippen LogP contribution is 2.15. The van der Waals surface area contributed by atoms with E-state index in [1.807, 2.05) is 0 Å². The first-order chi connectivity index (χ1) is 7.67. The average molecular weight is 260 g/mol. The molecule has 4 N–H and O–H groups in total. The van der Waals surface area contributed by atoms with Crippen LogP contribution < -0.4 is 10.5 Å². The third-order valence-electron chi connectivity index (χ3n) is 2.44. The Morgan fingerprint density at radius 2 is 2.18 bits per heavy atom. The number of hydrogen-bond acceptors (Lipinski definition) is 4. The number of rotatable bonds is 5. The largest absolute Gasteiger partial charge is 0.369 e. The molecule has 0 saturated heterocycles. The summed E-state index contributed by atoms with van der Waals surface area (Å²) in [5.74, 6) is -0.566. The van der Waals surface area contributed by atoms with Gasteiger partial charge in [0, 0.05) is 6.54 Å². The number of aryl methyl sites for hydroxylation is 1. The van der Waals surface area contributed by atoms with Gasteiger partial charge in [-0.15, -0.1) is 0 Å². The molecule has 0 saturated carbocycles. The minimum absolute atomic E-state index is 0.0602. The number of aromatic nitrogens is 2. The second-order valence-electron chi connectivity index (χ2n) is 4.43. The number of amides is 1. The summed E-state index contributed by atoms with van der Waals surface area (Å²) in [6.45, 7) is 4.68. The third-order valence-corrected chi connectivity index (χ3v) is 3.96. The van der Waals surface area contributed by atoms with Gasteiger partial charge in [-0.2, -0.15) is 5.10 Å². The highest BCUT2D eigenvalue weighted by atomic mass is 32.2. The van der Waals surface area contributed by atoms with Crippen LogP contribution in [-0.2, 0) is 14.8 Å². The smallest absolute Gasteiger partial charge is 0.243 e. The summed E-state index contributed by atoms with van der Waals surface area (Å²) < 4.78 is 26.1. The van der Waals surface area contributed by atoms with E-state index in [0.717, 1.165) is 0 Å². The lowest BCUT2D eigenvalue weighted by Gasteiger charge is -2.20. The molecule has 0 aliphatic rings. The van der Waals surface area contributed by atoms with E-state index < -0.39 is 21.3 Å². The van der Waals surface area contributed by atoms with E-state index in [1.165, 1.54) is 6.20 Å². The monoisotopic (exact) mass is 260 g/mol. The molecule has 0 aliphatic carbocycles. The fourth-order valence-corrected chi connectivity index (χ4v) is 2.40. The van der Waals surface area contributed by atoms with Gasteiger partial charge in [0.1, 0.15) is 4.90 Å². The maximum atomic E-state index is 11.9. The second-order valence-corrected chi connectivity index (χ2v) is 6.17.